The molecule has 0 saturated heterocycles. The summed E-state index contributed by atoms with van der Waals surface area (Å²) < 4.78 is 12.0. The van der Waals surface area contributed by atoms with Gasteiger partial charge in [0, 0.05) is 0 Å². The highest BCUT2D eigenvalue weighted by atomic mass is 19.1. The maximum absolute atomic E-state index is 11.7. The fraction of sp³-hybridized carbons (Fsp3) is 0. The molecule has 4 heteroatoms. The fourth-order valence-electron chi connectivity index (χ4n) is 0.279. The molecule has 1 aromatic heterocycles. The lowest BCUT2D eigenvalue weighted by Crippen LogP contribution is -1.90. The van der Waals surface area contributed by atoms with Crippen LogP contribution in [0.2, 0.25) is 0 Å². The molecule has 0 aromatic carbocycles. The van der Waals surface area contributed by atoms with E-state index >= 15 is 0 Å². The lowest BCUT2D eigenvalue weighted by molar-refractivity contribution is 0.144. The molecule has 0 unspecified atom stereocenters. The van der Waals surface area contributed by atoms with Gasteiger partial charge in [-0.2, -0.15) is 4.39 Å². The Kier molecular flexibility index (Phi) is 0.714. The average Bonchev–Trinajstić information content (AvgIpc) is 1.91. The molecule has 0 fully saturated rings. The van der Waals surface area contributed by atoms with Crippen LogP contribution in [-0.4, -0.2) is 14.9 Å². The first-order valence-corrected chi connectivity index (χ1v) is 1.69. The van der Waals surface area contributed by atoms with Crippen LogP contribution in [0.1, 0.15) is 0 Å². The fourth-order valence-corrected chi connectivity index (χ4v) is 0.279. The third-order valence-electron chi connectivity index (χ3n) is 0.578. The van der Waals surface area contributed by atoms with Crippen molar-refractivity contribution in [1.82, 2.24) is 9.71 Å². The highest BCUT2D eigenvalue weighted by Gasteiger charge is 1.92. The lowest BCUT2D eigenvalue weighted by Gasteiger charge is -1.82. The summed E-state index contributed by atoms with van der Waals surface area (Å²) in [6.07, 6.45) is 1.38. The normalized spacial score (nSPS) is 9.29. The van der Waals surface area contributed by atoms with E-state index in [9.17, 15) is 4.39 Å². The van der Waals surface area contributed by atoms with Crippen LogP contribution >= 0.6 is 0 Å². The van der Waals surface area contributed by atoms with Crippen molar-refractivity contribution in [1.29, 1.82) is 0 Å². The van der Waals surface area contributed by atoms with Gasteiger partial charge in [0.1, 0.15) is 0 Å². The molecule has 0 saturated carbocycles. The molecule has 0 amide bonds. The Morgan fingerprint density at radius 2 is 2.57 bits per heavy atom. The standard InChI is InChI=1S/C3H3FN2O/c4-3-5-1-2-6(3)7/h1-2,7H. The topological polar surface area (TPSA) is 38.0 Å². The SMILES string of the molecule is On1ccnc1F. The van der Waals surface area contributed by atoms with Gasteiger partial charge in [-0.25, -0.2) is 4.98 Å². The number of hydrogen-bond acceptors (Lipinski definition) is 2. The van der Waals surface area contributed by atoms with Gasteiger partial charge in [0.25, 0.3) is 0 Å². The van der Waals surface area contributed by atoms with E-state index in [0.717, 1.165) is 12.4 Å². The lowest BCUT2D eigenvalue weighted by atomic mass is 11.0. The van der Waals surface area contributed by atoms with Crippen molar-refractivity contribution in [2.24, 2.45) is 0 Å². The summed E-state index contributed by atoms with van der Waals surface area (Å²) >= 11 is 0. The number of aromatic nitrogens is 2. The van der Waals surface area contributed by atoms with Gasteiger partial charge in [-0.15, -0.1) is 4.73 Å². The molecule has 0 aliphatic heterocycles. The minimum Gasteiger partial charge on any atom is -0.425 e. The minimum atomic E-state index is -0.889. The Bertz CT molecular complexity index is 145. The van der Waals surface area contributed by atoms with E-state index < -0.39 is 6.08 Å². The number of nitrogens with zero attached hydrogens (tertiary/aromatic N) is 2. The molecule has 0 bridgehead atoms. The first kappa shape index (κ1) is 4.11. The predicted octanol–water partition coefficient (Wildman–Crippen LogP) is 0.260. The molecule has 1 heterocycles. The molecule has 7 heavy (non-hydrogen) atoms. The van der Waals surface area contributed by atoms with Crippen molar-refractivity contribution in [2.75, 3.05) is 0 Å². The second-order valence-electron chi connectivity index (χ2n) is 1.04. The summed E-state index contributed by atoms with van der Waals surface area (Å²) in [5.74, 6) is 0. The predicted molar refractivity (Wildman–Crippen MR) is 19.4 cm³/mol. The Balaban J connectivity index is 3.12. The zero-order valence-corrected chi connectivity index (χ0v) is 3.37. The van der Waals surface area contributed by atoms with Gasteiger partial charge in [-0.05, 0) is 0 Å². The van der Waals surface area contributed by atoms with Crippen LogP contribution in [0, 0.1) is 6.08 Å². The van der Waals surface area contributed by atoms with E-state index in [-0.39, 0.29) is 0 Å². The van der Waals surface area contributed by atoms with E-state index in [1.54, 1.807) is 0 Å². The van der Waals surface area contributed by atoms with Crippen LogP contribution in [0.25, 0.3) is 0 Å². The Morgan fingerprint density at radius 3 is 2.71 bits per heavy atom. The van der Waals surface area contributed by atoms with Crippen molar-refractivity contribution in [3.05, 3.63) is 18.5 Å². The number of rotatable bonds is 0. The molecule has 0 spiro atoms. The minimum absolute atomic E-state index is 0.306. The van der Waals surface area contributed by atoms with Crippen molar-refractivity contribution in [3.8, 4) is 0 Å². The Labute approximate surface area is 39.0 Å². The van der Waals surface area contributed by atoms with Gasteiger partial charge < -0.3 is 5.21 Å². The quantitative estimate of drug-likeness (QED) is 0.477. The molecule has 0 atom stereocenters. The van der Waals surface area contributed by atoms with E-state index in [2.05, 4.69) is 4.98 Å². The zero-order valence-electron chi connectivity index (χ0n) is 3.37. The third kappa shape index (κ3) is 0.534. The van der Waals surface area contributed by atoms with E-state index in [4.69, 9.17) is 5.21 Å². The highest BCUT2D eigenvalue weighted by molar-refractivity contribution is 4.71. The average molecular weight is 102 g/mol. The zero-order chi connectivity index (χ0) is 5.28. The molecule has 0 aliphatic carbocycles. The number of imidazole rings is 1. The third-order valence-corrected chi connectivity index (χ3v) is 0.578. The largest absolute Gasteiger partial charge is 0.425 e. The van der Waals surface area contributed by atoms with Crippen LogP contribution in [0.5, 0.6) is 0 Å². The highest BCUT2D eigenvalue weighted by Crippen LogP contribution is 1.86. The molecule has 1 N–H and O–H groups in total. The number of hydrogen-bond donors (Lipinski definition) is 1. The second kappa shape index (κ2) is 1.22. The smallest absolute Gasteiger partial charge is 0.321 e. The van der Waals surface area contributed by atoms with Crippen LogP contribution in [0.3, 0.4) is 0 Å². The summed E-state index contributed by atoms with van der Waals surface area (Å²) in [6, 6.07) is 0. The number of halogens is 1. The van der Waals surface area contributed by atoms with Crippen molar-refractivity contribution in [3.63, 3.8) is 0 Å². The molecule has 0 radical (unpaired) electrons. The van der Waals surface area contributed by atoms with Crippen LogP contribution < -0.4 is 0 Å². The van der Waals surface area contributed by atoms with Crippen molar-refractivity contribution < 1.29 is 9.60 Å². The van der Waals surface area contributed by atoms with Crippen LogP contribution in [-0.2, 0) is 0 Å². The van der Waals surface area contributed by atoms with Gasteiger partial charge in [0.15, 0.2) is 0 Å². The molecular weight excluding hydrogens is 99.0 g/mol. The molecule has 1 rings (SSSR count). The first-order valence-electron chi connectivity index (χ1n) is 1.69. The van der Waals surface area contributed by atoms with Gasteiger partial charge in [0.05, 0.1) is 12.4 Å². The molecule has 0 aliphatic rings. The summed E-state index contributed by atoms with van der Waals surface area (Å²) in [7, 11) is 0. The summed E-state index contributed by atoms with van der Waals surface area (Å²) in [5.41, 5.74) is 0. The van der Waals surface area contributed by atoms with Gasteiger partial charge >= 0.3 is 6.08 Å². The van der Waals surface area contributed by atoms with Gasteiger partial charge in [-0.1, -0.05) is 0 Å². The maximum Gasteiger partial charge on any atom is 0.321 e. The molecule has 38 valence electrons. The summed E-state index contributed by atoms with van der Waals surface area (Å²) in [5, 5.41) is 8.24. The van der Waals surface area contributed by atoms with E-state index in [1.165, 1.54) is 0 Å². The molecular formula is C3H3FN2O. The molecule has 1 aromatic rings. The van der Waals surface area contributed by atoms with Gasteiger partial charge in [0.2, 0.25) is 0 Å². The van der Waals surface area contributed by atoms with Gasteiger partial charge in [-0.3, -0.25) is 0 Å². The monoisotopic (exact) mass is 102 g/mol. The maximum atomic E-state index is 11.7. The summed E-state index contributed by atoms with van der Waals surface area (Å²) in [4.78, 5) is 3.06. The first-order chi connectivity index (χ1) is 3.30. The summed E-state index contributed by atoms with van der Waals surface area (Å²) in [6.45, 7) is 0. The van der Waals surface area contributed by atoms with Crippen LogP contribution in [0.15, 0.2) is 12.4 Å². The Morgan fingerprint density at radius 1 is 1.86 bits per heavy atom. The van der Waals surface area contributed by atoms with Crippen molar-refractivity contribution in [2.45, 2.75) is 0 Å². The second-order valence-corrected chi connectivity index (χ2v) is 1.04. The van der Waals surface area contributed by atoms with Crippen LogP contribution in [0.4, 0.5) is 4.39 Å². The van der Waals surface area contributed by atoms with E-state index in [1.807, 2.05) is 0 Å². The molecule has 3 nitrogen and oxygen atoms in total. The van der Waals surface area contributed by atoms with E-state index in [0.29, 0.717) is 4.73 Å². The van der Waals surface area contributed by atoms with Crippen molar-refractivity contribution >= 4 is 0 Å². The Hall–Kier alpha value is -1.06.